The summed E-state index contributed by atoms with van der Waals surface area (Å²) in [4.78, 5) is 13.3. The van der Waals surface area contributed by atoms with Crippen molar-refractivity contribution >= 4 is 22.5 Å². The normalized spacial score (nSPS) is 11.8. The van der Waals surface area contributed by atoms with Gasteiger partial charge in [-0.1, -0.05) is 35.9 Å². The molecule has 0 fully saturated rings. The first-order chi connectivity index (χ1) is 16.3. The first-order valence-electron chi connectivity index (χ1n) is 10.4. The predicted octanol–water partition coefficient (Wildman–Crippen LogP) is 6.45. The third kappa shape index (κ3) is 4.12. The van der Waals surface area contributed by atoms with Crippen molar-refractivity contribution in [2.75, 3.05) is 0 Å². The highest BCUT2D eigenvalue weighted by atomic mass is 35.5. The summed E-state index contributed by atoms with van der Waals surface area (Å²) in [6.45, 7) is 1.77. The maximum Gasteiger partial charge on any atom is 0.418 e. The Balaban J connectivity index is 1.74. The van der Waals surface area contributed by atoms with Crippen LogP contribution in [-0.4, -0.2) is 24.7 Å². The molecule has 9 heteroatoms. The molecule has 0 unspecified atom stereocenters. The van der Waals surface area contributed by atoms with Gasteiger partial charge in [-0.2, -0.15) is 18.3 Å². The molecule has 0 saturated heterocycles. The first kappa shape index (κ1) is 22.0. The summed E-state index contributed by atoms with van der Waals surface area (Å²) in [6, 6.07) is 16.2. The van der Waals surface area contributed by atoms with Crippen LogP contribution in [0.1, 0.15) is 22.6 Å². The van der Waals surface area contributed by atoms with Gasteiger partial charge in [0.2, 0.25) is 0 Å². The molecule has 34 heavy (non-hydrogen) atoms. The highest BCUT2D eigenvalue weighted by Gasteiger charge is 2.35. The van der Waals surface area contributed by atoms with Gasteiger partial charge in [0.25, 0.3) is 0 Å². The molecular formula is C25H17ClF3N5. The standard InChI is InChI=1S/C25H17ClF3N5/c1-15-18(14-17-5-4-7-20(26)23(17)31-15)24-32-22(13-16-9-11-30-12-10-16)33-34(24)21-8-3-2-6-19(21)25(27,28)29/h2-12,14H,13H2,1H3. The lowest BCUT2D eigenvalue weighted by Crippen LogP contribution is -2.12. The molecule has 0 saturated carbocycles. The van der Waals surface area contributed by atoms with Crippen LogP contribution < -0.4 is 0 Å². The number of alkyl halides is 3. The maximum absolute atomic E-state index is 13.9. The number of aryl methyl sites for hydroxylation is 1. The van der Waals surface area contributed by atoms with E-state index in [-0.39, 0.29) is 11.5 Å². The van der Waals surface area contributed by atoms with E-state index in [2.05, 4.69) is 20.1 Å². The van der Waals surface area contributed by atoms with Crippen molar-refractivity contribution in [3.63, 3.8) is 0 Å². The highest BCUT2D eigenvalue weighted by Crippen LogP contribution is 2.36. The summed E-state index contributed by atoms with van der Waals surface area (Å²) in [5.41, 5.74) is 1.75. The van der Waals surface area contributed by atoms with Crippen LogP contribution in [0.15, 0.2) is 73.1 Å². The van der Waals surface area contributed by atoms with Crippen molar-refractivity contribution in [3.05, 3.63) is 101 Å². The second kappa shape index (κ2) is 8.53. The van der Waals surface area contributed by atoms with Crippen LogP contribution in [0.25, 0.3) is 28.0 Å². The molecule has 0 N–H and O–H groups in total. The van der Waals surface area contributed by atoms with Crippen LogP contribution in [0, 0.1) is 6.92 Å². The van der Waals surface area contributed by atoms with E-state index in [1.54, 1.807) is 37.5 Å². The molecule has 0 amide bonds. The molecule has 170 valence electrons. The molecule has 5 rings (SSSR count). The fourth-order valence-electron chi connectivity index (χ4n) is 3.83. The van der Waals surface area contributed by atoms with Gasteiger partial charge in [0.05, 0.1) is 21.8 Å². The van der Waals surface area contributed by atoms with E-state index < -0.39 is 11.7 Å². The highest BCUT2D eigenvalue weighted by molar-refractivity contribution is 6.35. The van der Waals surface area contributed by atoms with Crippen LogP contribution >= 0.6 is 11.6 Å². The smallest absolute Gasteiger partial charge is 0.265 e. The fraction of sp³-hybridized carbons (Fsp3) is 0.120. The monoisotopic (exact) mass is 479 g/mol. The number of hydrogen-bond acceptors (Lipinski definition) is 4. The topological polar surface area (TPSA) is 56.5 Å². The molecule has 5 aromatic rings. The number of nitrogens with zero attached hydrogens (tertiary/aromatic N) is 5. The Labute approximate surface area is 197 Å². The Morgan fingerprint density at radius 1 is 0.941 bits per heavy atom. The van der Waals surface area contributed by atoms with Gasteiger partial charge in [0.1, 0.15) is 0 Å². The van der Waals surface area contributed by atoms with Crippen molar-refractivity contribution < 1.29 is 13.2 Å². The maximum atomic E-state index is 13.9. The van der Waals surface area contributed by atoms with E-state index in [0.717, 1.165) is 17.0 Å². The lowest BCUT2D eigenvalue weighted by molar-refractivity contribution is -0.137. The number of aromatic nitrogens is 5. The third-order valence-electron chi connectivity index (χ3n) is 5.43. The van der Waals surface area contributed by atoms with Gasteiger partial charge < -0.3 is 0 Å². The van der Waals surface area contributed by atoms with Gasteiger partial charge >= 0.3 is 6.18 Å². The van der Waals surface area contributed by atoms with Crippen molar-refractivity contribution in [3.8, 4) is 17.1 Å². The van der Waals surface area contributed by atoms with E-state index >= 15 is 0 Å². The van der Waals surface area contributed by atoms with Crippen LogP contribution in [-0.2, 0) is 12.6 Å². The zero-order valence-electron chi connectivity index (χ0n) is 17.9. The fourth-order valence-corrected chi connectivity index (χ4v) is 4.06. The van der Waals surface area contributed by atoms with Gasteiger partial charge in [-0.25, -0.2) is 9.67 Å². The number of pyridine rings is 2. The third-order valence-corrected chi connectivity index (χ3v) is 5.73. The van der Waals surface area contributed by atoms with Gasteiger partial charge in [-0.05, 0) is 48.9 Å². The van der Waals surface area contributed by atoms with Crippen molar-refractivity contribution in [2.24, 2.45) is 0 Å². The van der Waals surface area contributed by atoms with Crippen molar-refractivity contribution in [2.45, 2.75) is 19.5 Å². The number of hydrogen-bond donors (Lipinski definition) is 0. The summed E-state index contributed by atoms with van der Waals surface area (Å²) in [6.07, 6.45) is -0.932. The SMILES string of the molecule is Cc1nc2c(Cl)cccc2cc1-c1nc(Cc2ccncc2)nn1-c1ccccc1C(F)(F)F. The molecule has 0 radical (unpaired) electrons. The van der Waals surface area contributed by atoms with Crippen LogP contribution in [0.5, 0.6) is 0 Å². The second-order valence-corrected chi connectivity index (χ2v) is 8.15. The Kier molecular flexibility index (Phi) is 5.53. The summed E-state index contributed by atoms with van der Waals surface area (Å²) in [7, 11) is 0. The molecule has 0 spiro atoms. The van der Waals surface area contributed by atoms with Gasteiger partial charge in [0.15, 0.2) is 11.6 Å². The zero-order chi connectivity index (χ0) is 23.9. The summed E-state index contributed by atoms with van der Waals surface area (Å²) < 4.78 is 42.8. The predicted molar refractivity (Wildman–Crippen MR) is 124 cm³/mol. The number of rotatable bonds is 4. The van der Waals surface area contributed by atoms with E-state index in [1.807, 2.05) is 24.3 Å². The number of fused-ring (bicyclic) bond motifs is 1. The molecule has 2 aromatic carbocycles. The Bertz CT molecular complexity index is 1500. The minimum Gasteiger partial charge on any atom is -0.265 e. The van der Waals surface area contributed by atoms with Crippen molar-refractivity contribution in [1.82, 2.24) is 24.7 Å². The molecule has 3 aromatic heterocycles. The van der Waals surface area contributed by atoms with Crippen LogP contribution in [0.2, 0.25) is 5.02 Å². The molecule has 0 atom stereocenters. The van der Waals surface area contributed by atoms with E-state index in [0.29, 0.717) is 34.0 Å². The lowest BCUT2D eigenvalue weighted by atomic mass is 10.1. The first-order valence-corrected chi connectivity index (χ1v) is 10.8. The number of benzene rings is 2. The summed E-state index contributed by atoms with van der Waals surface area (Å²) in [5.74, 6) is 0.649. The largest absolute Gasteiger partial charge is 0.418 e. The quantitative estimate of drug-likeness (QED) is 0.297. The molecule has 0 bridgehead atoms. The van der Waals surface area contributed by atoms with Crippen LogP contribution in [0.3, 0.4) is 0 Å². The molecular weight excluding hydrogens is 463 g/mol. The number of halogens is 4. The van der Waals surface area contributed by atoms with Gasteiger partial charge in [-0.15, -0.1) is 0 Å². The van der Waals surface area contributed by atoms with E-state index in [1.165, 1.54) is 16.8 Å². The Morgan fingerprint density at radius 2 is 1.71 bits per heavy atom. The molecule has 0 aliphatic rings. The summed E-state index contributed by atoms with van der Waals surface area (Å²) >= 11 is 6.29. The molecule has 0 aliphatic heterocycles. The minimum absolute atomic E-state index is 0.107. The molecule has 5 nitrogen and oxygen atoms in total. The Morgan fingerprint density at radius 3 is 2.47 bits per heavy atom. The van der Waals surface area contributed by atoms with Gasteiger partial charge in [-0.3, -0.25) is 9.97 Å². The molecule has 3 heterocycles. The van der Waals surface area contributed by atoms with Crippen molar-refractivity contribution in [1.29, 1.82) is 0 Å². The van der Waals surface area contributed by atoms with Crippen LogP contribution in [0.4, 0.5) is 13.2 Å². The lowest BCUT2D eigenvalue weighted by Gasteiger charge is -2.15. The summed E-state index contributed by atoms with van der Waals surface area (Å²) in [5, 5.41) is 5.74. The minimum atomic E-state index is -4.56. The van der Waals surface area contributed by atoms with Gasteiger partial charge in [0, 0.05) is 35.5 Å². The Hall–Kier alpha value is -3.78. The van der Waals surface area contributed by atoms with E-state index in [9.17, 15) is 13.2 Å². The zero-order valence-corrected chi connectivity index (χ0v) is 18.6. The second-order valence-electron chi connectivity index (χ2n) is 7.74. The average Bonchev–Trinajstić information content (AvgIpc) is 3.23. The average molecular weight is 480 g/mol. The van der Waals surface area contributed by atoms with E-state index in [4.69, 9.17) is 11.6 Å². The number of para-hydroxylation sites is 2. The molecule has 0 aliphatic carbocycles.